The first-order chi connectivity index (χ1) is 11.1. The number of rotatable bonds is 1. The third-order valence-corrected chi connectivity index (χ3v) is 4.25. The van der Waals surface area contributed by atoms with Crippen molar-refractivity contribution in [3.05, 3.63) is 69.8 Å². The largest absolute Gasteiger partial charge is 0.399 e. The molecule has 0 radical (unpaired) electrons. The van der Waals surface area contributed by atoms with Crippen LogP contribution in [0.4, 0.5) is 5.69 Å². The minimum absolute atomic E-state index is 0.00931. The van der Waals surface area contributed by atoms with Gasteiger partial charge in [0.15, 0.2) is 0 Å². The highest BCUT2D eigenvalue weighted by molar-refractivity contribution is 5.86. The number of anilines is 1. The average Bonchev–Trinajstić information content (AvgIpc) is 2.92. The summed E-state index contributed by atoms with van der Waals surface area (Å²) in [7, 11) is 0. The van der Waals surface area contributed by atoms with E-state index in [9.17, 15) is 4.79 Å². The Labute approximate surface area is 133 Å². The Morgan fingerprint density at radius 1 is 1.22 bits per heavy atom. The maximum atomic E-state index is 12.7. The Bertz CT molecular complexity index is 1010. The van der Waals surface area contributed by atoms with Gasteiger partial charge in [0.25, 0.3) is 5.56 Å². The maximum absolute atomic E-state index is 12.7. The number of nitrogen functional groups attached to an aromatic ring is 1. The van der Waals surface area contributed by atoms with Crippen LogP contribution in [0.5, 0.6) is 0 Å². The van der Waals surface area contributed by atoms with Crippen LogP contribution in [0.3, 0.4) is 0 Å². The normalized spacial score (nSPS) is 15.3. The van der Waals surface area contributed by atoms with Crippen molar-refractivity contribution in [1.29, 1.82) is 0 Å². The van der Waals surface area contributed by atoms with Gasteiger partial charge in [0, 0.05) is 12.2 Å². The zero-order valence-corrected chi connectivity index (χ0v) is 12.9. The van der Waals surface area contributed by atoms with Crippen LogP contribution >= 0.6 is 0 Å². The molecule has 0 atom stereocenters. The van der Waals surface area contributed by atoms with Gasteiger partial charge in [0.05, 0.1) is 10.9 Å². The Morgan fingerprint density at radius 2 is 2.09 bits per heavy atom. The molecule has 1 aliphatic rings. The maximum Gasteiger partial charge on any atom is 0.261 e. The molecule has 4 heteroatoms. The van der Waals surface area contributed by atoms with Gasteiger partial charge in [-0.1, -0.05) is 29.8 Å². The second-order valence-electron chi connectivity index (χ2n) is 6.00. The highest BCUT2D eigenvalue weighted by Gasteiger charge is 2.20. The summed E-state index contributed by atoms with van der Waals surface area (Å²) in [4.78, 5) is 17.4. The lowest BCUT2D eigenvalue weighted by molar-refractivity contribution is 0.725. The van der Waals surface area contributed by atoms with Crippen molar-refractivity contribution in [1.82, 2.24) is 9.55 Å². The lowest BCUT2D eigenvalue weighted by Gasteiger charge is -2.06. The number of hydrogen-bond acceptors (Lipinski definition) is 3. The molecule has 0 spiro atoms. The van der Waals surface area contributed by atoms with Gasteiger partial charge in [-0.15, -0.1) is 0 Å². The second kappa shape index (κ2) is 5.09. The van der Waals surface area contributed by atoms with Gasteiger partial charge in [0.1, 0.15) is 5.82 Å². The fourth-order valence-electron chi connectivity index (χ4n) is 3.13. The molecule has 3 aromatic rings. The molecule has 4 nitrogen and oxygen atoms in total. The van der Waals surface area contributed by atoms with Crippen LogP contribution in [0, 0.1) is 6.92 Å². The lowest BCUT2D eigenvalue weighted by atomic mass is 10.1. The summed E-state index contributed by atoms with van der Waals surface area (Å²) in [6, 6.07) is 13.6. The molecule has 0 saturated carbocycles. The smallest absolute Gasteiger partial charge is 0.261 e. The molecule has 0 fully saturated rings. The molecule has 1 aromatic heterocycles. The number of nitrogens with zero attached hydrogens (tertiary/aromatic N) is 2. The fourth-order valence-corrected chi connectivity index (χ4v) is 3.13. The molecule has 0 amide bonds. The van der Waals surface area contributed by atoms with E-state index in [1.54, 1.807) is 16.7 Å². The quantitative estimate of drug-likeness (QED) is 0.702. The van der Waals surface area contributed by atoms with Gasteiger partial charge < -0.3 is 5.73 Å². The first-order valence-corrected chi connectivity index (χ1v) is 7.69. The van der Waals surface area contributed by atoms with E-state index in [0.29, 0.717) is 23.1 Å². The van der Waals surface area contributed by atoms with Crippen molar-refractivity contribution in [2.45, 2.75) is 19.9 Å². The molecule has 0 saturated heterocycles. The van der Waals surface area contributed by atoms with Gasteiger partial charge in [-0.2, -0.15) is 0 Å². The van der Waals surface area contributed by atoms with E-state index in [1.807, 2.05) is 12.1 Å². The number of allylic oxidation sites excluding steroid dienone is 1. The van der Waals surface area contributed by atoms with E-state index < -0.39 is 0 Å². The van der Waals surface area contributed by atoms with Gasteiger partial charge in [-0.3, -0.25) is 9.36 Å². The highest BCUT2D eigenvalue weighted by Crippen LogP contribution is 2.27. The summed E-state index contributed by atoms with van der Waals surface area (Å²) >= 11 is 0. The number of benzene rings is 2. The Balaban J connectivity index is 1.90. The zero-order chi connectivity index (χ0) is 16.0. The van der Waals surface area contributed by atoms with Gasteiger partial charge in [-0.05, 0) is 48.8 Å². The predicted molar refractivity (Wildman–Crippen MR) is 94.1 cm³/mol. The number of nitrogens with two attached hydrogens (primary N) is 1. The Kier molecular flexibility index (Phi) is 3.05. The van der Waals surface area contributed by atoms with Crippen molar-refractivity contribution in [2.75, 3.05) is 5.73 Å². The van der Waals surface area contributed by atoms with Gasteiger partial charge in [0.2, 0.25) is 0 Å². The summed E-state index contributed by atoms with van der Waals surface area (Å²) in [6.45, 7) is 2.74. The molecular formula is C19H17N3O. The predicted octanol–water partition coefficient (Wildman–Crippen LogP) is 3.23. The summed E-state index contributed by atoms with van der Waals surface area (Å²) in [6.07, 6.45) is 2.95. The van der Waals surface area contributed by atoms with Crippen LogP contribution in [-0.4, -0.2) is 9.55 Å². The van der Waals surface area contributed by atoms with Crippen LogP contribution in [0.15, 0.2) is 47.3 Å². The molecule has 2 aromatic carbocycles. The number of fused-ring (bicyclic) bond motifs is 2. The van der Waals surface area contributed by atoms with E-state index >= 15 is 0 Å². The highest BCUT2D eigenvalue weighted by atomic mass is 16.1. The van der Waals surface area contributed by atoms with Crippen LogP contribution in [-0.2, 0) is 6.54 Å². The molecule has 2 heterocycles. The first kappa shape index (κ1) is 13.8. The molecule has 0 unspecified atom stereocenters. The summed E-state index contributed by atoms with van der Waals surface area (Å²) in [5, 5.41) is 0.588. The molecule has 4 rings (SSSR count). The SMILES string of the molecule is Cc1cccc(C=C2CCn3c2nc2ccc(N)cc2c3=O)c1. The third-order valence-electron chi connectivity index (χ3n) is 4.25. The van der Waals surface area contributed by atoms with Crippen molar-refractivity contribution in [3.63, 3.8) is 0 Å². The van der Waals surface area contributed by atoms with Crippen LogP contribution in [0.2, 0.25) is 0 Å². The topological polar surface area (TPSA) is 60.9 Å². The zero-order valence-electron chi connectivity index (χ0n) is 12.9. The molecule has 0 bridgehead atoms. The van der Waals surface area contributed by atoms with Crippen molar-refractivity contribution in [2.24, 2.45) is 0 Å². The monoisotopic (exact) mass is 303 g/mol. The lowest BCUT2D eigenvalue weighted by Crippen LogP contribution is -2.20. The van der Waals surface area contributed by atoms with Gasteiger partial charge >= 0.3 is 0 Å². The van der Waals surface area contributed by atoms with Gasteiger partial charge in [-0.25, -0.2) is 4.98 Å². The van der Waals surface area contributed by atoms with E-state index in [-0.39, 0.29) is 5.56 Å². The number of aromatic nitrogens is 2. The van der Waals surface area contributed by atoms with Crippen LogP contribution in [0.25, 0.3) is 22.6 Å². The summed E-state index contributed by atoms with van der Waals surface area (Å²) in [5.74, 6) is 0.772. The molecule has 0 aliphatic carbocycles. The molecule has 114 valence electrons. The van der Waals surface area contributed by atoms with E-state index in [0.717, 1.165) is 23.4 Å². The summed E-state index contributed by atoms with van der Waals surface area (Å²) < 4.78 is 1.75. The van der Waals surface area contributed by atoms with Crippen molar-refractivity contribution < 1.29 is 0 Å². The minimum atomic E-state index is -0.00931. The van der Waals surface area contributed by atoms with E-state index in [2.05, 4.69) is 31.2 Å². The molecule has 23 heavy (non-hydrogen) atoms. The number of aryl methyl sites for hydroxylation is 1. The average molecular weight is 303 g/mol. The Morgan fingerprint density at radius 3 is 2.91 bits per heavy atom. The Hall–Kier alpha value is -2.88. The molecule has 2 N–H and O–H groups in total. The standard InChI is InChI=1S/C19H17N3O/c1-12-3-2-4-13(9-12)10-14-7-8-22-18(14)21-17-6-5-15(20)11-16(17)19(22)23/h2-6,9-11H,7-8,20H2,1H3. The van der Waals surface area contributed by atoms with Crippen molar-refractivity contribution >= 4 is 28.2 Å². The van der Waals surface area contributed by atoms with Crippen LogP contribution < -0.4 is 11.3 Å². The fraction of sp³-hybridized carbons (Fsp3) is 0.158. The van der Waals surface area contributed by atoms with Crippen molar-refractivity contribution in [3.8, 4) is 0 Å². The molecular weight excluding hydrogens is 286 g/mol. The minimum Gasteiger partial charge on any atom is -0.399 e. The second-order valence-corrected chi connectivity index (χ2v) is 6.00. The summed E-state index contributed by atoms with van der Waals surface area (Å²) in [5.41, 5.74) is 10.5. The third kappa shape index (κ3) is 2.32. The van der Waals surface area contributed by atoms with E-state index in [4.69, 9.17) is 10.7 Å². The van der Waals surface area contributed by atoms with Crippen LogP contribution in [0.1, 0.15) is 23.4 Å². The first-order valence-electron chi connectivity index (χ1n) is 7.69. The molecule has 1 aliphatic heterocycles. The van der Waals surface area contributed by atoms with E-state index in [1.165, 1.54) is 5.56 Å². The number of hydrogen-bond donors (Lipinski definition) is 1.